The van der Waals surface area contributed by atoms with Crippen LogP contribution in [0.3, 0.4) is 0 Å². The molecule has 3 N–H and O–H groups in total. The second-order valence-corrected chi connectivity index (χ2v) is 10.0. The van der Waals surface area contributed by atoms with Gasteiger partial charge in [0.2, 0.25) is 17.6 Å². The van der Waals surface area contributed by atoms with Gasteiger partial charge in [-0.25, -0.2) is 4.98 Å². The van der Waals surface area contributed by atoms with E-state index in [9.17, 15) is 19.5 Å². The lowest BCUT2D eigenvalue weighted by atomic mass is 9.83. The molecule has 1 saturated heterocycles. The summed E-state index contributed by atoms with van der Waals surface area (Å²) in [5.41, 5.74) is 0.692. The molecule has 0 radical (unpaired) electrons. The first-order valence-electron chi connectivity index (χ1n) is 12.0. The van der Waals surface area contributed by atoms with Gasteiger partial charge in [0.05, 0.1) is 12.6 Å². The number of phenolic OH excluding ortho intramolecular Hbond substituents is 1. The number of nitrogens with one attached hydrogen (secondary N) is 2. The zero-order valence-electron chi connectivity index (χ0n) is 19.5. The first kappa shape index (κ1) is 24.3. The van der Waals surface area contributed by atoms with E-state index in [-0.39, 0.29) is 41.9 Å². The second-order valence-electron chi connectivity index (χ2n) is 9.11. The van der Waals surface area contributed by atoms with E-state index < -0.39 is 6.04 Å². The van der Waals surface area contributed by atoms with E-state index in [0.29, 0.717) is 17.8 Å². The van der Waals surface area contributed by atoms with Crippen molar-refractivity contribution >= 4 is 28.9 Å². The number of phenols is 1. The molecule has 2 amide bonds. The number of likely N-dealkylation sites (N-methyl/N-ethyl adjacent to an activating group) is 1. The number of likely N-dealkylation sites (tertiary alicyclic amines) is 1. The van der Waals surface area contributed by atoms with Crippen molar-refractivity contribution in [2.45, 2.75) is 57.0 Å². The molecule has 34 heavy (non-hydrogen) atoms. The lowest BCUT2D eigenvalue weighted by Gasteiger charge is -2.34. The summed E-state index contributed by atoms with van der Waals surface area (Å²) in [4.78, 5) is 45.4. The monoisotopic (exact) mass is 484 g/mol. The summed E-state index contributed by atoms with van der Waals surface area (Å²) in [7, 11) is 1.71. The Morgan fingerprint density at radius 3 is 2.71 bits per heavy atom. The largest absolute Gasteiger partial charge is 0.508 e. The molecule has 1 aromatic heterocycles. The molecule has 1 aliphatic carbocycles. The fourth-order valence-corrected chi connectivity index (χ4v) is 5.98. The van der Waals surface area contributed by atoms with Crippen LogP contribution in [0, 0.1) is 5.92 Å². The van der Waals surface area contributed by atoms with Crippen molar-refractivity contribution in [3.05, 3.63) is 45.9 Å². The first-order valence-corrected chi connectivity index (χ1v) is 12.9. The standard InChI is InChI=1S/C25H32N4O4S/c1-26-14-21(31)28-22(16-7-3-2-4-8-16)25(33)29-12-6-11-20(29)24-27-19(15-34-24)23(32)17-9-5-10-18(30)13-17/h5,9-10,13,15-16,20,22,26,30H,2-4,6-8,11-12,14H2,1H3,(H,28,31). The van der Waals surface area contributed by atoms with Gasteiger partial charge >= 0.3 is 0 Å². The van der Waals surface area contributed by atoms with Crippen LogP contribution in [0.4, 0.5) is 0 Å². The zero-order valence-corrected chi connectivity index (χ0v) is 20.3. The van der Waals surface area contributed by atoms with Gasteiger partial charge in [-0.3, -0.25) is 14.4 Å². The maximum absolute atomic E-state index is 13.7. The van der Waals surface area contributed by atoms with Crippen LogP contribution < -0.4 is 10.6 Å². The molecule has 2 aromatic rings. The van der Waals surface area contributed by atoms with Crippen LogP contribution in [-0.2, 0) is 9.59 Å². The van der Waals surface area contributed by atoms with Crippen molar-refractivity contribution in [3.63, 3.8) is 0 Å². The van der Waals surface area contributed by atoms with E-state index >= 15 is 0 Å². The van der Waals surface area contributed by atoms with Crippen molar-refractivity contribution in [1.29, 1.82) is 0 Å². The van der Waals surface area contributed by atoms with E-state index in [4.69, 9.17) is 0 Å². The number of hydrogen-bond acceptors (Lipinski definition) is 7. The topological polar surface area (TPSA) is 112 Å². The number of benzene rings is 1. The van der Waals surface area contributed by atoms with Crippen LogP contribution in [0.1, 0.15) is 72.0 Å². The summed E-state index contributed by atoms with van der Waals surface area (Å²) in [6.07, 6.45) is 6.83. The fraction of sp³-hybridized carbons (Fsp3) is 0.520. The molecule has 2 unspecified atom stereocenters. The summed E-state index contributed by atoms with van der Waals surface area (Å²) in [6, 6.07) is 5.49. The number of amides is 2. The number of hydrogen-bond donors (Lipinski definition) is 3. The Bertz CT molecular complexity index is 1030. The van der Waals surface area contributed by atoms with Crippen LogP contribution in [0.2, 0.25) is 0 Å². The highest BCUT2D eigenvalue weighted by atomic mass is 32.1. The maximum Gasteiger partial charge on any atom is 0.246 e. The van der Waals surface area contributed by atoms with E-state index in [2.05, 4.69) is 15.6 Å². The Balaban J connectivity index is 1.52. The van der Waals surface area contributed by atoms with Gasteiger partial charge in [-0.1, -0.05) is 31.4 Å². The summed E-state index contributed by atoms with van der Waals surface area (Å²) in [6.45, 7) is 0.789. The van der Waals surface area contributed by atoms with Gasteiger partial charge in [0.25, 0.3) is 0 Å². The van der Waals surface area contributed by atoms with Gasteiger partial charge in [-0.15, -0.1) is 11.3 Å². The minimum absolute atomic E-state index is 0.0305. The number of nitrogens with zero attached hydrogens (tertiary/aromatic N) is 2. The Kier molecular flexibility index (Phi) is 7.95. The molecule has 9 heteroatoms. The third-order valence-electron chi connectivity index (χ3n) is 6.72. The fourth-order valence-electron chi connectivity index (χ4n) is 5.04. The summed E-state index contributed by atoms with van der Waals surface area (Å²) < 4.78 is 0. The summed E-state index contributed by atoms with van der Waals surface area (Å²) in [5, 5.41) is 18.0. The number of aromatic nitrogens is 1. The average Bonchev–Trinajstić information content (AvgIpc) is 3.52. The predicted molar refractivity (Wildman–Crippen MR) is 130 cm³/mol. The molecular weight excluding hydrogens is 452 g/mol. The minimum Gasteiger partial charge on any atom is -0.508 e. The normalized spacial score (nSPS) is 19.7. The first-order chi connectivity index (χ1) is 16.5. The van der Waals surface area contributed by atoms with Crippen molar-refractivity contribution in [3.8, 4) is 5.75 Å². The molecule has 2 aliphatic rings. The second kappa shape index (κ2) is 11.1. The third-order valence-corrected chi connectivity index (χ3v) is 7.67. The number of carbonyl (C=O) groups is 3. The minimum atomic E-state index is -0.532. The van der Waals surface area contributed by atoms with Crippen molar-refractivity contribution in [2.24, 2.45) is 5.92 Å². The molecule has 0 spiro atoms. The molecule has 8 nitrogen and oxygen atoms in total. The molecule has 1 aliphatic heterocycles. The Morgan fingerprint density at radius 2 is 1.97 bits per heavy atom. The van der Waals surface area contributed by atoms with Gasteiger partial charge in [0, 0.05) is 17.5 Å². The van der Waals surface area contributed by atoms with E-state index in [1.165, 1.54) is 29.9 Å². The Morgan fingerprint density at radius 1 is 1.18 bits per heavy atom. The molecule has 4 rings (SSSR count). The lowest BCUT2D eigenvalue weighted by molar-refractivity contribution is -0.139. The predicted octanol–water partition coefficient (Wildman–Crippen LogP) is 3.03. The molecule has 2 fully saturated rings. The quantitative estimate of drug-likeness (QED) is 0.497. The number of ketones is 1. The Hall–Kier alpha value is -2.78. The third kappa shape index (κ3) is 5.47. The van der Waals surface area contributed by atoms with Crippen LogP contribution in [-0.4, -0.2) is 58.8 Å². The van der Waals surface area contributed by atoms with E-state index in [1.807, 2.05) is 4.90 Å². The molecular formula is C25H32N4O4S. The smallest absolute Gasteiger partial charge is 0.246 e. The molecule has 2 heterocycles. The van der Waals surface area contributed by atoms with Gasteiger partial charge in [-0.2, -0.15) is 0 Å². The van der Waals surface area contributed by atoms with E-state index in [1.54, 1.807) is 24.6 Å². The van der Waals surface area contributed by atoms with Gasteiger partial charge in [-0.05, 0) is 50.8 Å². The van der Waals surface area contributed by atoms with Gasteiger partial charge < -0.3 is 20.6 Å². The highest BCUT2D eigenvalue weighted by Crippen LogP contribution is 2.36. The summed E-state index contributed by atoms with van der Waals surface area (Å²) in [5.74, 6) is -0.301. The SMILES string of the molecule is CNCC(=O)NC(C(=O)N1CCCC1c1nc(C(=O)c2cccc(O)c2)cs1)C1CCCCC1. The van der Waals surface area contributed by atoms with Gasteiger partial charge in [0.1, 0.15) is 22.5 Å². The van der Waals surface area contributed by atoms with Crippen LogP contribution in [0.25, 0.3) is 0 Å². The highest BCUT2D eigenvalue weighted by Gasteiger charge is 2.39. The molecule has 1 saturated carbocycles. The number of carbonyl (C=O) groups excluding carboxylic acids is 3. The molecule has 1 aromatic carbocycles. The highest BCUT2D eigenvalue weighted by molar-refractivity contribution is 7.10. The van der Waals surface area contributed by atoms with Crippen molar-refractivity contribution in [2.75, 3.05) is 20.1 Å². The van der Waals surface area contributed by atoms with E-state index in [0.717, 1.165) is 43.5 Å². The molecule has 182 valence electrons. The molecule has 2 atom stereocenters. The van der Waals surface area contributed by atoms with Crippen molar-refractivity contribution < 1.29 is 19.5 Å². The maximum atomic E-state index is 13.7. The number of aromatic hydroxyl groups is 1. The number of rotatable bonds is 8. The average molecular weight is 485 g/mol. The zero-order chi connectivity index (χ0) is 24.1. The Labute approximate surface area is 203 Å². The van der Waals surface area contributed by atoms with Crippen LogP contribution in [0.15, 0.2) is 29.6 Å². The van der Waals surface area contributed by atoms with Crippen LogP contribution in [0.5, 0.6) is 5.75 Å². The van der Waals surface area contributed by atoms with Crippen molar-refractivity contribution in [1.82, 2.24) is 20.5 Å². The lowest BCUT2D eigenvalue weighted by Crippen LogP contribution is -2.53. The summed E-state index contributed by atoms with van der Waals surface area (Å²) >= 11 is 1.38. The van der Waals surface area contributed by atoms with Crippen LogP contribution >= 0.6 is 11.3 Å². The number of thiazole rings is 1. The molecule has 0 bridgehead atoms. The van der Waals surface area contributed by atoms with Gasteiger partial charge in [0.15, 0.2) is 0 Å².